The van der Waals surface area contributed by atoms with E-state index in [1.54, 1.807) is 35.9 Å². The number of hydrogen-bond donors (Lipinski definition) is 3. The van der Waals surface area contributed by atoms with Crippen LogP contribution in [0.5, 0.6) is 0 Å². The summed E-state index contributed by atoms with van der Waals surface area (Å²) in [5.74, 6) is -1.24. The number of rotatable bonds is 8. The largest absolute Gasteiger partial charge is 0.384 e. The molecule has 0 aliphatic carbocycles. The number of hydrogen-bond acceptors (Lipinski definition) is 4. The van der Waals surface area contributed by atoms with Gasteiger partial charge in [0.15, 0.2) is 0 Å². The monoisotopic (exact) mass is 436 g/mol. The third-order valence-electron chi connectivity index (χ3n) is 4.89. The topological polar surface area (TPSA) is 117 Å². The van der Waals surface area contributed by atoms with Crippen molar-refractivity contribution < 1.29 is 14.0 Å². The Morgan fingerprint density at radius 2 is 1.78 bits per heavy atom. The Bertz CT molecular complexity index is 1140. The van der Waals surface area contributed by atoms with Crippen LogP contribution >= 0.6 is 0 Å². The molecule has 2 amide bonds. The second-order valence-electron chi connectivity index (χ2n) is 7.62. The predicted molar refractivity (Wildman–Crippen MR) is 119 cm³/mol. The maximum atomic E-state index is 13.9. The van der Waals surface area contributed by atoms with E-state index in [4.69, 9.17) is 11.1 Å². The van der Waals surface area contributed by atoms with Gasteiger partial charge in [0.25, 0.3) is 5.91 Å². The zero-order valence-corrected chi connectivity index (χ0v) is 17.9. The number of amides is 2. The first-order valence-corrected chi connectivity index (χ1v) is 9.94. The average molecular weight is 436 g/mol. The van der Waals surface area contributed by atoms with Crippen LogP contribution in [0.15, 0.2) is 54.9 Å². The summed E-state index contributed by atoms with van der Waals surface area (Å²) in [5, 5.41) is 14.3. The van der Waals surface area contributed by atoms with Crippen molar-refractivity contribution in [3.05, 3.63) is 88.5 Å². The first kappa shape index (κ1) is 22.7. The van der Waals surface area contributed by atoms with E-state index >= 15 is 0 Å². The van der Waals surface area contributed by atoms with E-state index in [1.165, 1.54) is 18.3 Å². The molecule has 1 heterocycles. The van der Waals surface area contributed by atoms with Crippen LogP contribution in [0.4, 0.5) is 4.39 Å². The lowest BCUT2D eigenvalue weighted by Gasteiger charge is -2.10. The first-order valence-electron chi connectivity index (χ1n) is 9.94. The van der Waals surface area contributed by atoms with Crippen molar-refractivity contribution >= 4 is 17.6 Å². The zero-order chi connectivity index (χ0) is 23.3. The molecular weight excluding hydrogens is 411 g/mol. The molecule has 1 aromatic heterocycles. The number of nitrogens with one attached hydrogen (secondary N) is 2. The fraction of sp³-hybridized carbons (Fsp3) is 0.217. The van der Waals surface area contributed by atoms with Gasteiger partial charge in [-0.2, -0.15) is 5.10 Å². The number of likely N-dealkylation sites (N-methyl/N-ethyl adjacent to an activating group) is 1. The van der Waals surface area contributed by atoms with Gasteiger partial charge in [0.05, 0.1) is 30.3 Å². The molecule has 0 spiro atoms. The molecule has 0 saturated carbocycles. The molecular formula is C23H25FN6O2. The third kappa shape index (κ3) is 5.78. The fourth-order valence-corrected chi connectivity index (χ4v) is 3.02. The SMILES string of the molecule is CN(C)C(=O)Cc1ccc(Cn2cc(C(=O)NCc3ccc(C(=N)N)c(F)c3)cn2)cc1. The van der Waals surface area contributed by atoms with Gasteiger partial charge in [-0.3, -0.25) is 19.7 Å². The zero-order valence-electron chi connectivity index (χ0n) is 17.9. The highest BCUT2D eigenvalue weighted by molar-refractivity contribution is 5.95. The van der Waals surface area contributed by atoms with Gasteiger partial charge in [-0.05, 0) is 28.8 Å². The third-order valence-corrected chi connectivity index (χ3v) is 4.89. The molecule has 0 atom stereocenters. The number of carbonyl (C=O) groups excluding carboxylic acids is 2. The van der Waals surface area contributed by atoms with Crippen molar-refractivity contribution in [1.29, 1.82) is 5.41 Å². The van der Waals surface area contributed by atoms with Crippen LogP contribution in [0.25, 0.3) is 0 Å². The molecule has 0 bridgehead atoms. The molecule has 0 aliphatic rings. The van der Waals surface area contributed by atoms with Crippen molar-refractivity contribution in [3.63, 3.8) is 0 Å². The summed E-state index contributed by atoms with van der Waals surface area (Å²) < 4.78 is 15.6. The van der Waals surface area contributed by atoms with Gasteiger partial charge in [0.1, 0.15) is 11.7 Å². The Morgan fingerprint density at radius 3 is 2.41 bits per heavy atom. The predicted octanol–water partition coefficient (Wildman–Crippen LogP) is 1.92. The quantitative estimate of drug-likeness (QED) is 0.369. The van der Waals surface area contributed by atoms with Crippen LogP contribution in [0.1, 0.15) is 32.6 Å². The van der Waals surface area contributed by atoms with Crippen molar-refractivity contribution in [3.8, 4) is 0 Å². The molecule has 0 fully saturated rings. The van der Waals surface area contributed by atoms with Crippen molar-refractivity contribution in [2.45, 2.75) is 19.5 Å². The first-order chi connectivity index (χ1) is 15.2. The van der Waals surface area contributed by atoms with Gasteiger partial charge < -0.3 is 16.0 Å². The minimum Gasteiger partial charge on any atom is -0.384 e. The number of nitrogens with zero attached hydrogens (tertiary/aromatic N) is 3. The second-order valence-corrected chi connectivity index (χ2v) is 7.62. The van der Waals surface area contributed by atoms with E-state index in [2.05, 4.69) is 10.4 Å². The van der Waals surface area contributed by atoms with Crippen molar-refractivity contribution in [1.82, 2.24) is 20.0 Å². The van der Waals surface area contributed by atoms with Gasteiger partial charge in [-0.15, -0.1) is 0 Å². The highest BCUT2D eigenvalue weighted by Gasteiger charge is 2.11. The highest BCUT2D eigenvalue weighted by atomic mass is 19.1. The summed E-state index contributed by atoms with van der Waals surface area (Å²) in [5.41, 5.74) is 8.20. The Morgan fingerprint density at radius 1 is 1.12 bits per heavy atom. The van der Waals surface area contributed by atoms with E-state index < -0.39 is 5.82 Å². The van der Waals surface area contributed by atoms with Crippen LogP contribution in [0, 0.1) is 11.2 Å². The van der Waals surface area contributed by atoms with Crippen molar-refractivity contribution in [2.75, 3.05) is 14.1 Å². The van der Waals surface area contributed by atoms with Gasteiger partial charge in [-0.1, -0.05) is 30.3 Å². The van der Waals surface area contributed by atoms with E-state index in [0.29, 0.717) is 24.1 Å². The molecule has 3 rings (SSSR count). The Kier molecular flexibility index (Phi) is 6.99. The van der Waals surface area contributed by atoms with Crippen LogP contribution in [0.3, 0.4) is 0 Å². The molecule has 4 N–H and O–H groups in total. The van der Waals surface area contributed by atoms with Crippen molar-refractivity contribution in [2.24, 2.45) is 5.73 Å². The number of benzene rings is 2. The molecule has 3 aromatic rings. The van der Waals surface area contributed by atoms with E-state index in [0.717, 1.165) is 11.1 Å². The summed E-state index contributed by atoms with van der Waals surface area (Å²) in [6.45, 7) is 0.610. The Labute approximate surface area is 185 Å². The number of aromatic nitrogens is 2. The number of nitrogen functional groups attached to an aromatic ring is 1. The van der Waals surface area contributed by atoms with Crippen LogP contribution in [0.2, 0.25) is 0 Å². The molecule has 0 unspecified atom stereocenters. The standard InChI is InChI=1S/C23H25FN6O2/c1-29(2)21(31)10-15-3-5-16(6-4-15)13-30-14-18(12-28-30)23(32)27-11-17-7-8-19(22(25)26)20(24)9-17/h3-9,12,14H,10-11,13H2,1-2H3,(H3,25,26)(H,27,32). The number of amidine groups is 1. The summed E-state index contributed by atoms with van der Waals surface area (Å²) in [4.78, 5) is 25.8. The van der Waals surface area contributed by atoms with Gasteiger partial charge in [0, 0.05) is 26.8 Å². The molecule has 166 valence electrons. The molecule has 2 aromatic carbocycles. The molecule has 32 heavy (non-hydrogen) atoms. The summed E-state index contributed by atoms with van der Waals surface area (Å²) >= 11 is 0. The average Bonchev–Trinajstić information content (AvgIpc) is 3.21. The molecule has 0 saturated heterocycles. The molecule has 0 aliphatic heterocycles. The maximum Gasteiger partial charge on any atom is 0.254 e. The van der Waals surface area contributed by atoms with Gasteiger partial charge in [0.2, 0.25) is 5.91 Å². The summed E-state index contributed by atoms with van der Waals surface area (Å²) in [6, 6.07) is 11.9. The van der Waals surface area contributed by atoms with Crippen LogP contribution in [-0.4, -0.2) is 46.4 Å². The van der Waals surface area contributed by atoms with Crippen LogP contribution in [-0.2, 0) is 24.3 Å². The Balaban J connectivity index is 1.56. The highest BCUT2D eigenvalue weighted by Crippen LogP contribution is 2.11. The number of carbonyl (C=O) groups is 2. The van der Waals surface area contributed by atoms with Gasteiger partial charge >= 0.3 is 0 Å². The minimum atomic E-state index is -0.603. The number of nitrogens with two attached hydrogens (primary N) is 1. The lowest BCUT2D eigenvalue weighted by Crippen LogP contribution is -2.23. The van der Waals surface area contributed by atoms with Crippen LogP contribution < -0.4 is 11.1 Å². The summed E-state index contributed by atoms with van der Waals surface area (Å²) in [7, 11) is 3.45. The molecule has 9 heteroatoms. The van der Waals surface area contributed by atoms with Gasteiger partial charge in [-0.25, -0.2) is 4.39 Å². The van der Waals surface area contributed by atoms with E-state index in [-0.39, 0.29) is 29.8 Å². The van der Waals surface area contributed by atoms with E-state index in [1.807, 2.05) is 24.3 Å². The smallest absolute Gasteiger partial charge is 0.254 e. The molecule has 8 nitrogen and oxygen atoms in total. The molecule has 0 radical (unpaired) electrons. The Hall–Kier alpha value is -4.01. The summed E-state index contributed by atoms with van der Waals surface area (Å²) in [6.07, 6.45) is 3.46. The maximum absolute atomic E-state index is 13.9. The fourth-order valence-electron chi connectivity index (χ4n) is 3.02. The minimum absolute atomic E-state index is 0.0266. The second kappa shape index (κ2) is 9.86. The number of halogens is 1. The lowest BCUT2D eigenvalue weighted by atomic mass is 10.1. The normalized spacial score (nSPS) is 10.6. The van der Waals surface area contributed by atoms with E-state index in [9.17, 15) is 14.0 Å². The lowest BCUT2D eigenvalue weighted by molar-refractivity contribution is -0.127.